The molecule has 96 valence electrons. The summed E-state index contributed by atoms with van der Waals surface area (Å²) < 4.78 is 13.6. The summed E-state index contributed by atoms with van der Waals surface area (Å²) in [5.74, 6) is -0.373. The fourth-order valence-electron chi connectivity index (χ4n) is 1.44. The molecule has 0 heterocycles. The number of halogens is 2. The summed E-state index contributed by atoms with van der Waals surface area (Å²) in [6, 6.07) is 2.91. The van der Waals surface area contributed by atoms with Gasteiger partial charge in [-0.2, -0.15) is 0 Å². The van der Waals surface area contributed by atoms with Crippen LogP contribution in [-0.4, -0.2) is 18.3 Å². The van der Waals surface area contributed by atoms with E-state index in [9.17, 15) is 4.39 Å². The van der Waals surface area contributed by atoms with E-state index in [1.807, 2.05) is 13.8 Å². The first kappa shape index (κ1) is 14.3. The van der Waals surface area contributed by atoms with Crippen LogP contribution in [-0.2, 0) is 0 Å². The molecule has 0 aliphatic carbocycles. The van der Waals surface area contributed by atoms with Gasteiger partial charge in [0.25, 0.3) is 0 Å². The van der Waals surface area contributed by atoms with Crippen molar-refractivity contribution in [3.05, 3.63) is 22.4 Å². The van der Waals surface area contributed by atoms with Crippen LogP contribution in [0.3, 0.4) is 0 Å². The molecule has 0 saturated carbocycles. The minimum atomic E-state index is -0.373. The van der Waals surface area contributed by atoms with Crippen LogP contribution in [0.15, 0.2) is 16.6 Å². The highest BCUT2D eigenvalue weighted by atomic mass is 79.9. The number of aliphatic hydroxyl groups is 1. The first-order chi connectivity index (χ1) is 7.85. The highest BCUT2D eigenvalue weighted by Gasteiger charge is 2.17. The van der Waals surface area contributed by atoms with E-state index in [0.29, 0.717) is 28.8 Å². The third-order valence-corrected chi connectivity index (χ3v) is 3.25. The molecule has 0 atom stereocenters. The second-order valence-corrected chi connectivity index (χ2v) is 5.70. The lowest BCUT2D eigenvalue weighted by Crippen LogP contribution is -2.24. The SMILES string of the molecule is CC(C)(CCO)CNc1cc(Br)c(F)cc1N. The molecular weight excluding hydrogens is 287 g/mol. The molecule has 0 aliphatic rings. The zero-order valence-electron chi connectivity index (χ0n) is 10.1. The topological polar surface area (TPSA) is 58.3 Å². The van der Waals surface area contributed by atoms with Crippen molar-refractivity contribution in [2.75, 3.05) is 24.2 Å². The molecule has 0 aromatic heterocycles. The third-order valence-electron chi connectivity index (χ3n) is 2.64. The Morgan fingerprint density at radius 1 is 1.47 bits per heavy atom. The monoisotopic (exact) mass is 304 g/mol. The highest BCUT2D eigenvalue weighted by molar-refractivity contribution is 9.10. The predicted molar refractivity (Wildman–Crippen MR) is 72.5 cm³/mol. The van der Waals surface area contributed by atoms with Gasteiger partial charge in [-0.3, -0.25) is 0 Å². The van der Waals surface area contributed by atoms with Gasteiger partial charge < -0.3 is 16.2 Å². The summed E-state index contributed by atoms with van der Waals surface area (Å²) in [4.78, 5) is 0. The van der Waals surface area contributed by atoms with Crippen molar-refractivity contribution in [1.29, 1.82) is 0 Å². The fraction of sp³-hybridized carbons (Fsp3) is 0.500. The number of hydrogen-bond acceptors (Lipinski definition) is 3. The third kappa shape index (κ3) is 4.16. The number of nitrogens with one attached hydrogen (secondary N) is 1. The molecule has 1 aromatic carbocycles. The molecule has 0 amide bonds. The highest BCUT2D eigenvalue weighted by Crippen LogP contribution is 2.28. The van der Waals surface area contributed by atoms with E-state index in [0.717, 1.165) is 0 Å². The quantitative estimate of drug-likeness (QED) is 0.733. The second kappa shape index (κ2) is 5.69. The molecule has 4 N–H and O–H groups in total. The summed E-state index contributed by atoms with van der Waals surface area (Å²) >= 11 is 3.12. The first-order valence-corrected chi connectivity index (χ1v) is 6.24. The predicted octanol–water partition coefficient (Wildman–Crippen LogP) is 2.99. The van der Waals surface area contributed by atoms with Gasteiger partial charge in [-0.1, -0.05) is 13.8 Å². The molecule has 0 spiro atoms. The molecule has 0 radical (unpaired) electrons. The first-order valence-electron chi connectivity index (χ1n) is 5.45. The Hall–Kier alpha value is -0.810. The largest absolute Gasteiger partial charge is 0.397 e. The van der Waals surface area contributed by atoms with E-state index in [1.165, 1.54) is 6.07 Å². The Balaban J connectivity index is 2.73. The maximum atomic E-state index is 13.2. The van der Waals surface area contributed by atoms with Crippen molar-refractivity contribution in [3.8, 4) is 0 Å². The summed E-state index contributed by atoms with van der Waals surface area (Å²) in [6.07, 6.45) is 0.697. The zero-order valence-corrected chi connectivity index (χ0v) is 11.6. The minimum absolute atomic E-state index is 0.0396. The lowest BCUT2D eigenvalue weighted by molar-refractivity contribution is 0.220. The maximum absolute atomic E-state index is 13.2. The Kier molecular flexibility index (Phi) is 4.77. The van der Waals surface area contributed by atoms with Crippen LogP contribution in [0.1, 0.15) is 20.3 Å². The smallest absolute Gasteiger partial charge is 0.139 e. The molecular formula is C12H18BrFN2O. The Bertz CT molecular complexity index is 396. The molecule has 1 aromatic rings. The van der Waals surface area contributed by atoms with Crippen LogP contribution in [0, 0.1) is 11.2 Å². The average Bonchev–Trinajstić information content (AvgIpc) is 2.21. The number of rotatable bonds is 5. The Morgan fingerprint density at radius 2 is 2.12 bits per heavy atom. The molecule has 0 saturated heterocycles. The van der Waals surface area contributed by atoms with Crippen LogP contribution in [0.5, 0.6) is 0 Å². The van der Waals surface area contributed by atoms with Gasteiger partial charge in [0.1, 0.15) is 5.82 Å². The second-order valence-electron chi connectivity index (χ2n) is 4.84. The van der Waals surface area contributed by atoms with Gasteiger partial charge in [-0.15, -0.1) is 0 Å². The molecule has 0 aliphatic heterocycles. The normalized spacial score (nSPS) is 11.6. The van der Waals surface area contributed by atoms with Gasteiger partial charge in [0, 0.05) is 19.2 Å². The van der Waals surface area contributed by atoms with E-state index < -0.39 is 0 Å². The lowest BCUT2D eigenvalue weighted by atomic mass is 9.89. The summed E-state index contributed by atoms with van der Waals surface area (Å²) in [6.45, 7) is 4.91. The number of anilines is 2. The van der Waals surface area contributed by atoms with E-state index in [-0.39, 0.29) is 17.8 Å². The van der Waals surface area contributed by atoms with Crippen LogP contribution >= 0.6 is 15.9 Å². The van der Waals surface area contributed by atoms with E-state index in [2.05, 4.69) is 21.2 Å². The van der Waals surface area contributed by atoms with Crippen molar-refractivity contribution in [3.63, 3.8) is 0 Å². The van der Waals surface area contributed by atoms with Crippen molar-refractivity contribution in [2.45, 2.75) is 20.3 Å². The lowest BCUT2D eigenvalue weighted by Gasteiger charge is -2.25. The number of benzene rings is 1. The van der Waals surface area contributed by atoms with Crippen molar-refractivity contribution in [1.82, 2.24) is 0 Å². The Morgan fingerprint density at radius 3 is 2.71 bits per heavy atom. The van der Waals surface area contributed by atoms with E-state index in [4.69, 9.17) is 10.8 Å². The van der Waals surface area contributed by atoms with Gasteiger partial charge in [0.2, 0.25) is 0 Å². The van der Waals surface area contributed by atoms with Gasteiger partial charge in [0.05, 0.1) is 15.8 Å². The summed E-state index contributed by atoms with van der Waals surface area (Å²) in [5, 5.41) is 12.1. The number of nitrogens with two attached hydrogens (primary N) is 1. The van der Waals surface area contributed by atoms with Gasteiger partial charge in [-0.25, -0.2) is 4.39 Å². The van der Waals surface area contributed by atoms with Gasteiger partial charge >= 0.3 is 0 Å². The van der Waals surface area contributed by atoms with Crippen LogP contribution in [0.4, 0.5) is 15.8 Å². The maximum Gasteiger partial charge on any atom is 0.139 e. The average molecular weight is 305 g/mol. The standard InChI is InChI=1S/C12H18BrFN2O/c1-12(2,3-4-17)7-16-11-5-8(13)9(14)6-10(11)15/h5-6,16-17H,3-4,7,15H2,1-2H3. The fourth-order valence-corrected chi connectivity index (χ4v) is 1.78. The van der Waals surface area contributed by atoms with Crippen molar-refractivity contribution < 1.29 is 9.50 Å². The Labute approximate surface area is 109 Å². The zero-order chi connectivity index (χ0) is 13.1. The summed E-state index contributed by atoms with van der Waals surface area (Å²) in [7, 11) is 0. The number of aliphatic hydroxyl groups excluding tert-OH is 1. The molecule has 1 rings (SSSR count). The van der Waals surface area contributed by atoms with E-state index in [1.54, 1.807) is 6.07 Å². The molecule has 0 unspecified atom stereocenters. The van der Waals surface area contributed by atoms with Crippen LogP contribution in [0.25, 0.3) is 0 Å². The summed E-state index contributed by atoms with van der Waals surface area (Å²) in [5.41, 5.74) is 6.76. The van der Waals surface area contributed by atoms with Gasteiger partial charge in [-0.05, 0) is 33.8 Å². The number of hydrogen-bond donors (Lipinski definition) is 3. The van der Waals surface area contributed by atoms with Crippen LogP contribution < -0.4 is 11.1 Å². The van der Waals surface area contributed by atoms with Crippen molar-refractivity contribution >= 4 is 27.3 Å². The molecule has 0 bridgehead atoms. The molecule has 3 nitrogen and oxygen atoms in total. The number of nitrogen functional groups attached to an aromatic ring is 1. The molecule has 5 heteroatoms. The molecule has 0 fully saturated rings. The van der Waals surface area contributed by atoms with Gasteiger partial charge in [0.15, 0.2) is 0 Å². The van der Waals surface area contributed by atoms with E-state index >= 15 is 0 Å². The minimum Gasteiger partial charge on any atom is -0.397 e. The molecule has 17 heavy (non-hydrogen) atoms. The van der Waals surface area contributed by atoms with Crippen molar-refractivity contribution in [2.24, 2.45) is 5.41 Å². The van der Waals surface area contributed by atoms with Crippen LogP contribution in [0.2, 0.25) is 0 Å².